The average molecular weight is 290 g/mol. The van der Waals surface area contributed by atoms with Gasteiger partial charge in [-0.05, 0) is 57.3 Å². The van der Waals surface area contributed by atoms with Crippen LogP contribution in [0.2, 0.25) is 0 Å². The van der Waals surface area contributed by atoms with Gasteiger partial charge in [-0.1, -0.05) is 13.8 Å². The third-order valence-corrected chi connectivity index (χ3v) is 5.11. The van der Waals surface area contributed by atoms with E-state index in [0.29, 0.717) is 5.92 Å². The molecule has 0 amide bonds. The highest BCUT2D eigenvalue weighted by Crippen LogP contribution is 2.29. The monoisotopic (exact) mass is 290 g/mol. The van der Waals surface area contributed by atoms with Crippen LogP contribution in [0.5, 0.6) is 0 Å². The zero-order valence-electron chi connectivity index (χ0n) is 13.6. The lowest BCUT2D eigenvalue weighted by molar-refractivity contribution is 0.0801. The number of hydrogen-bond donors (Lipinski definition) is 1. The Bertz CT molecular complexity index is 406. The highest BCUT2D eigenvalue weighted by Gasteiger charge is 2.29. The summed E-state index contributed by atoms with van der Waals surface area (Å²) in [6.45, 7) is 11.0. The smallest absolute Gasteiger partial charge is 0.0490 e. The van der Waals surface area contributed by atoms with Gasteiger partial charge in [0.05, 0.1) is 0 Å². The summed E-state index contributed by atoms with van der Waals surface area (Å²) in [4.78, 5) is 5.40. The molecule has 0 radical (unpaired) electrons. The van der Waals surface area contributed by atoms with Gasteiger partial charge in [0.1, 0.15) is 0 Å². The zero-order valence-corrected chi connectivity index (χ0v) is 13.6. The van der Waals surface area contributed by atoms with E-state index in [1.165, 1.54) is 64.1 Å². The Kier molecular flexibility index (Phi) is 4.96. The van der Waals surface area contributed by atoms with Crippen molar-refractivity contribution < 1.29 is 0 Å². The van der Waals surface area contributed by atoms with Crippen LogP contribution in [0.25, 0.3) is 0 Å². The quantitative estimate of drug-likeness (QED) is 0.926. The molecule has 4 nitrogen and oxygen atoms in total. The minimum Gasteiger partial charge on any atom is -0.303 e. The number of likely N-dealkylation sites (tertiary alicyclic amines) is 2. The number of rotatable bonds is 4. The Morgan fingerprint density at radius 2 is 2.05 bits per heavy atom. The molecule has 1 aromatic rings. The molecule has 1 N–H and O–H groups in total. The molecular formula is C17H30N4. The van der Waals surface area contributed by atoms with Crippen molar-refractivity contribution in [2.24, 2.45) is 5.92 Å². The first-order valence-corrected chi connectivity index (χ1v) is 8.68. The minimum absolute atomic E-state index is 0.662. The van der Waals surface area contributed by atoms with Crippen molar-refractivity contribution in [2.45, 2.75) is 51.5 Å². The molecule has 0 aromatic carbocycles. The van der Waals surface area contributed by atoms with Gasteiger partial charge in [-0.2, -0.15) is 5.10 Å². The normalized spacial score (nSPS) is 26.5. The van der Waals surface area contributed by atoms with Crippen LogP contribution in [0.15, 0.2) is 12.3 Å². The maximum atomic E-state index is 4.12. The Balaban J connectivity index is 1.51. The van der Waals surface area contributed by atoms with Crippen molar-refractivity contribution in [1.29, 1.82) is 0 Å². The van der Waals surface area contributed by atoms with Gasteiger partial charge in [-0.25, -0.2) is 0 Å². The van der Waals surface area contributed by atoms with Gasteiger partial charge in [-0.15, -0.1) is 0 Å². The fourth-order valence-electron chi connectivity index (χ4n) is 4.07. The number of H-pyrrole nitrogens is 1. The summed E-state index contributed by atoms with van der Waals surface area (Å²) in [6.07, 6.45) is 7.23. The molecule has 1 atom stereocenters. The topological polar surface area (TPSA) is 35.2 Å². The molecule has 1 aromatic heterocycles. The van der Waals surface area contributed by atoms with Crippen LogP contribution in [0.4, 0.5) is 0 Å². The van der Waals surface area contributed by atoms with Crippen LogP contribution < -0.4 is 0 Å². The van der Waals surface area contributed by atoms with E-state index < -0.39 is 0 Å². The van der Waals surface area contributed by atoms with Gasteiger partial charge in [0.25, 0.3) is 0 Å². The van der Waals surface area contributed by atoms with Crippen LogP contribution in [0.3, 0.4) is 0 Å². The number of nitrogens with zero attached hydrogens (tertiary/aromatic N) is 3. The summed E-state index contributed by atoms with van der Waals surface area (Å²) in [7, 11) is 0. The number of hydrogen-bond acceptors (Lipinski definition) is 3. The SMILES string of the molecule is CC(C)CN1CCC(N2CCCC(c3ccn[nH]3)C2)CC1. The molecule has 3 heterocycles. The van der Waals surface area contributed by atoms with Crippen molar-refractivity contribution >= 4 is 0 Å². The lowest BCUT2D eigenvalue weighted by atomic mass is 9.91. The number of aromatic amines is 1. The summed E-state index contributed by atoms with van der Waals surface area (Å²) < 4.78 is 0. The Morgan fingerprint density at radius 3 is 2.71 bits per heavy atom. The van der Waals surface area contributed by atoms with E-state index >= 15 is 0 Å². The van der Waals surface area contributed by atoms with E-state index in [2.05, 4.69) is 39.9 Å². The predicted octanol–water partition coefficient (Wildman–Crippen LogP) is 2.71. The molecule has 4 heteroatoms. The summed E-state index contributed by atoms with van der Waals surface area (Å²) >= 11 is 0. The lowest BCUT2D eigenvalue weighted by Crippen LogP contribution is -2.48. The fourth-order valence-corrected chi connectivity index (χ4v) is 4.07. The van der Waals surface area contributed by atoms with Crippen molar-refractivity contribution in [2.75, 3.05) is 32.7 Å². The van der Waals surface area contributed by atoms with Gasteiger partial charge >= 0.3 is 0 Å². The Hall–Kier alpha value is -0.870. The first kappa shape index (κ1) is 15.0. The molecule has 21 heavy (non-hydrogen) atoms. The zero-order chi connectivity index (χ0) is 14.7. The largest absolute Gasteiger partial charge is 0.303 e. The molecule has 0 saturated carbocycles. The van der Waals surface area contributed by atoms with Crippen LogP contribution in [0.1, 0.15) is 51.1 Å². The van der Waals surface area contributed by atoms with Crippen molar-refractivity contribution in [3.05, 3.63) is 18.0 Å². The van der Waals surface area contributed by atoms with Crippen molar-refractivity contribution in [1.82, 2.24) is 20.0 Å². The number of nitrogens with one attached hydrogen (secondary N) is 1. The van der Waals surface area contributed by atoms with E-state index in [1.807, 2.05) is 6.20 Å². The van der Waals surface area contributed by atoms with E-state index in [-0.39, 0.29) is 0 Å². The second-order valence-corrected chi connectivity index (χ2v) is 7.27. The fraction of sp³-hybridized carbons (Fsp3) is 0.824. The molecule has 2 aliphatic heterocycles. The van der Waals surface area contributed by atoms with Gasteiger partial charge < -0.3 is 4.90 Å². The van der Waals surface area contributed by atoms with Crippen molar-refractivity contribution in [3.63, 3.8) is 0 Å². The molecule has 3 rings (SSSR count). The van der Waals surface area contributed by atoms with Gasteiger partial charge in [0, 0.05) is 36.9 Å². The second-order valence-electron chi connectivity index (χ2n) is 7.27. The first-order valence-electron chi connectivity index (χ1n) is 8.68. The molecule has 2 fully saturated rings. The molecular weight excluding hydrogens is 260 g/mol. The van der Waals surface area contributed by atoms with Gasteiger partial charge in [0.15, 0.2) is 0 Å². The molecule has 2 aliphatic rings. The molecule has 0 spiro atoms. The molecule has 1 unspecified atom stereocenters. The second kappa shape index (κ2) is 6.93. The van der Waals surface area contributed by atoms with E-state index in [1.54, 1.807) is 0 Å². The third kappa shape index (κ3) is 3.86. The standard InChI is InChI=1S/C17H30N4/c1-14(2)12-20-10-6-16(7-11-20)21-9-3-4-15(13-21)17-5-8-18-19-17/h5,8,14-16H,3-4,6-7,9-13H2,1-2H3,(H,18,19). The summed E-state index contributed by atoms with van der Waals surface area (Å²) in [5.41, 5.74) is 1.33. The van der Waals surface area contributed by atoms with E-state index in [4.69, 9.17) is 0 Å². The minimum atomic E-state index is 0.662. The van der Waals surface area contributed by atoms with Crippen molar-refractivity contribution in [3.8, 4) is 0 Å². The van der Waals surface area contributed by atoms with Crippen LogP contribution in [-0.4, -0.2) is 58.8 Å². The number of aromatic nitrogens is 2. The van der Waals surface area contributed by atoms with E-state index in [0.717, 1.165) is 12.0 Å². The van der Waals surface area contributed by atoms with Crippen LogP contribution in [0, 0.1) is 5.92 Å². The maximum Gasteiger partial charge on any atom is 0.0490 e. The summed E-state index contributed by atoms with van der Waals surface area (Å²) in [5.74, 6) is 1.45. The number of piperidine rings is 2. The molecule has 118 valence electrons. The lowest BCUT2D eigenvalue weighted by Gasteiger charge is -2.42. The van der Waals surface area contributed by atoms with E-state index in [9.17, 15) is 0 Å². The Morgan fingerprint density at radius 1 is 1.24 bits per heavy atom. The first-order chi connectivity index (χ1) is 10.2. The summed E-state index contributed by atoms with van der Waals surface area (Å²) in [6, 6.07) is 2.96. The molecule has 2 saturated heterocycles. The van der Waals surface area contributed by atoms with Crippen LogP contribution in [-0.2, 0) is 0 Å². The van der Waals surface area contributed by atoms with Gasteiger partial charge in [-0.3, -0.25) is 10.00 Å². The Labute approximate surface area is 128 Å². The highest BCUT2D eigenvalue weighted by atomic mass is 15.2. The highest BCUT2D eigenvalue weighted by molar-refractivity contribution is 5.08. The predicted molar refractivity (Wildman–Crippen MR) is 86.4 cm³/mol. The molecule has 0 aliphatic carbocycles. The van der Waals surface area contributed by atoms with Crippen LogP contribution >= 0.6 is 0 Å². The van der Waals surface area contributed by atoms with Gasteiger partial charge in [0.2, 0.25) is 0 Å². The maximum absolute atomic E-state index is 4.12. The average Bonchev–Trinajstić information content (AvgIpc) is 3.02. The third-order valence-electron chi connectivity index (χ3n) is 5.11. The summed E-state index contributed by atoms with van der Waals surface area (Å²) in [5, 5.41) is 7.30. The molecule has 0 bridgehead atoms.